The first kappa shape index (κ1) is 12.3. The van der Waals surface area contributed by atoms with Crippen molar-refractivity contribution in [3.05, 3.63) is 24.3 Å². The summed E-state index contributed by atoms with van der Waals surface area (Å²) in [6.45, 7) is 5.53. The first-order valence-corrected chi connectivity index (χ1v) is 6.13. The average molecular weight is 237 g/mol. The van der Waals surface area contributed by atoms with Gasteiger partial charge in [0.25, 0.3) is 0 Å². The molecule has 4 heteroatoms. The van der Waals surface area contributed by atoms with E-state index >= 15 is 0 Å². The lowest BCUT2D eigenvalue weighted by atomic mass is 9.90. The Morgan fingerprint density at radius 2 is 2.18 bits per heavy atom. The van der Waals surface area contributed by atoms with E-state index in [2.05, 4.69) is 36.1 Å². The maximum Gasteiger partial charge on any atom is 0.143 e. The minimum Gasteiger partial charge on any atom is -0.381 e. The van der Waals surface area contributed by atoms with Gasteiger partial charge in [-0.05, 0) is 26.3 Å². The zero-order chi connectivity index (χ0) is 12.4. The Balaban J connectivity index is 2.03. The number of piperidine rings is 1. The molecule has 0 bridgehead atoms. The summed E-state index contributed by atoms with van der Waals surface area (Å²) in [6, 6.07) is 2.46. The molecule has 1 fully saturated rings. The fourth-order valence-electron chi connectivity index (χ4n) is 2.45. The molecular weight excluding hydrogens is 217 g/mol. The van der Waals surface area contributed by atoms with Gasteiger partial charge in [0.2, 0.25) is 0 Å². The summed E-state index contributed by atoms with van der Waals surface area (Å²) in [7, 11) is 2.15. The van der Waals surface area contributed by atoms with E-state index in [1.54, 1.807) is 6.20 Å². The second-order valence-corrected chi connectivity index (χ2v) is 5.14. The molecular formula is C13H20FN3. The first-order valence-electron chi connectivity index (χ1n) is 6.13. The fourth-order valence-corrected chi connectivity index (χ4v) is 2.45. The van der Waals surface area contributed by atoms with Crippen molar-refractivity contribution in [2.75, 3.05) is 18.9 Å². The summed E-state index contributed by atoms with van der Waals surface area (Å²) in [5, 5.41) is 3.39. The molecule has 0 aromatic carbocycles. The van der Waals surface area contributed by atoms with Crippen LogP contribution in [0.3, 0.4) is 0 Å². The van der Waals surface area contributed by atoms with Crippen LogP contribution in [0.5, 0.6) is 0 Å². The van der Waals surface area contributed by atoms with Gasteiger partial charge in [0.15, 0.2) is 0 Å². The lowest BCUT2D eigenvalue weighted by Crippen LogP contribution is -2.48. The predicted molar refractivity (Wildman–Crippen MR) is 67.5 cm³/mol. The van der Waals surface area contributed by atoms with Crippen LogP contribution >= 0.6 is 0 Å². The van der Waals surface area contributed by atoms with Crippen molar-refractivity contribution >= 4 is 5.69 Å². The molecule has 94 valence electrons. The number of halogens is 1. The Kier molecular flexibility index (Phi) is 3.62. The first-order chi connectivity index (χ1) is 8.06. The number of pyridine rings is 1. The van der Waals surface area contributed by atoms with E-state index in [1.165, 1.54) is 12.3 Å². The molecule has 1 aromatic heterocycles. The molecule has 0 amide bonds. The Labute approximate surface area is 102 Å². The van der Waals surface area contributed by atoms with Gasteiger partial charge in [-0.1, -0.05) is 6.92 Å². The normalized spacial score (nSPS) is 30.2. The minimum atomic E-state index is -0.288. The van der Waals surface area contributed by atoms with Gasteiger partial charge in [-0.15, -0.1) is 0 Å². The third-order valence-corrected chi connectivity index (χ3v) is 3.67. The fraction of sp³-hybridized carbons (Fsp3) is 0.615. The molecule has 1 aromatic rings. The van der Waals surface area contributed by atoms with E-state index in [0.717, 1.165) is 18.7 Å². The highest BCUT2D eigenvalue weighted by molar-refractivity contribution is 5.41. The summed E-state index contributed by atoms with van der Waals surface area (Å²) >= 11 is 0. The van der Waals surface area contributed by atoms with E-state index in [9.17, 15) is 4.39 Å². The van der Waals surface area contributed by atoms with Crippen molar-refractivity contribution in [3.8, 4) is 0 Å². The highest BCUT2D eigenvalue weighted by Crippen LogP contribution is 2.24. The van der Waals surface area contributed by atoms with Gasteiger partial charge in [0, 0.05) is 24.7 Å². The number of anilines is 1. The molecule has 3 unspecified atom stereocenters. The lowest BCUT2D eigenvalue weighted by Gasteiger charge is -2.40. The van der Waals surface area contributed by atoms with E-state index in [0.29, 0.717) is 18.0 Å². The van der Waals surface area contributed by atoms with Gasteiger partial charge in [-0.25, -0.2) is 4.39 Å². The summed E-state index contributed by atoms with van der Waals surface area (Å²) in [5.41, 5.74) is 0.776. The van der Waals surface area contributed by atoms with Crippen LogP contribution in [0.1, 0.15) is 20.3 Å². The number of rotatable bonds is 2. The second kappa shape index (κ2) is 5.00. The maximum absolute atomic E-state index is 13.0. The SMILES string of the molecule is CC1CN(C)C(C)CC1Nc1cncc(F)c1. The van der Waals surface area contributed by atoms with E-state index < -0.39 is 0 Å². The number of hydrogen-bond donors (Lipinski definition) is 1. The predicted octanol–water partition coefficient (Wildman–Crippen LogP) is 2.36. The van der Waals surface area contributed by atoms with Gasteiger partial charge in [0.1, 0.15) is 5.82 Å². The quantitative estimate of drug-likeness (QED) is 0.856. The number of nitrogens with zero attached hydrogens (tertiary/aromatic N) is 2. The molecule has 1 N–H and O–H groups in total. The van der Waals surface area contributed by atoms with Crippen LogP contribution in [0, 0.1) is 11.7 Å². The largest absolute Gasteiger partial charge is 0.381 e. The van der Waals surface area contributed by atoms with Crippen molar-refractivity contribution in [2.45, 2.75) is 32.4 Å². The van der Waals surface area contributed by atoms with Gasteiger partial charge in [-0.2, -0.15) is 0 Å². The molecule has 0 radical (unpaired) electrons. The zero-order valence-electron chi connectivity index (χ0n) is 10.7. The molecule has 17 heavy (non-hydrogen) atoms. The summed E-state index contributed by atoms with van der Waals surface area (Å²) in [6.07, 6.45) is 3.98. The van der Waals surface area contributed by atoms with Crippen molar-refractivity contribution in [3.63, 3.8) is 0 Å². The van der Waals surface area contributed by atoms with Crippen LogP contribution in [-0.4, -0.2) is 35.6 Å². The molecule has 3 nitrogen and oxygen atoms in total. The highest BCUT2D eigenvalue weighted by atomic mass is 19.1. The van der Waals surface area contributed by atoms with Gasteiger partial charge in [-0.3, -0.25) is 4.98 Å². The van der Waals surface area contributed by atoms with E-state index in [-0.39, 0.29) is 5.82 Å². The van der Waals surface area contributed by atoms with Crippen molar-refractivity contribution in [2.24, 2.45) is 5.92 Å². The van der Waals surface area contributed by atoms with Crippen LogP contribution in [0.4, 0.5) is 10.1 Å². The monoisotopic (exact) mass is 237 g/mol. The maximum atomic E-state index is 13.0. The number of aromatic nitrogens is 1. The third-order valence-electron chi connectivity index (χ3n) is 3.67. The molecule has 2 rings (SSSR count). The lowest BCUT2D eigenvalue weighted by molar-refractivity contribution is 0.145. The smallest absolute Gasteiger partial charge is 0.143 e. The van der Waals surface area contributed by atoms with Crippen LogP contribution in [0.15, 0.2) is 18.5 Å². The van der Waals surface area contributed by atoms with Crippen molar-refractivity contribution in [1.29, 1.82) is 0 Å². The Hall–Kier alpha value is -1.16. The van der Waals surface area contributed by atoms with Crippen molar-refractivity contribution in [1.82, 2.24) is 9.88 Å². The molecule has 1 aliphatic rings. The Morgan fingerprint density at radius 3 is 2.88 bits per heavy atom. The topological polar surface area (TPSA) is 28.2 Å². The average Bonchev–Trinajstić information content (AvgIpc) is 2.26. The number of likely N-dealkylation sites (tertiary alicyclic amines) is 1. The molecule has 0 saturated carbocycles. The third kappa shape index (κ3) is 2.94. The molecule has 1 saturated heterocycles. The van der Waals surface area contributed by atoms with Crippen LogP contribution in [-0.2, 0) is 0 Å². The summed E-state index contributed by atoms with van der Waals surface area (Å²) in [4.78, 5) is 6.23. The van der Waals surface area contributed by atoms with Crippen LogP contribution < -0.4 is 5.32 Å². The standard InChI is InChI=1S/C13H20FN3/c1-9-8-17(3)10(2)4-13(9)16-12-5-11(14)6-15-7-12/h5-7,9-10,13,16H,4,8H2,1-3H3. The molecule has 0 aliphatic carbocycles. The summed E-state index contributed by atoms with van der Waals surface area (Å²) < 4.78 is 13.0. The van der Waals surface area contributed by atoms with Crippen LogP contribution in [0.25, 0.3) is 0 Å². The summed E-state index contributed by atoms with van der Waals surface area (Å²) in [5.74, 6) is 0.267. The Morgan fingerprint density at radius 1 is 1.41 bits per heavy atom. The number of nitrogens with one attached hydrogen (secondary N) is 1. The zero-order valence-corrected chi connectivity index (χ0v) is 10.7. The minimum absolute atomic E-state index is 0.288. The highest BCUT2D eigenvalue weighted by Gasteiger charge is 2.28. The molecule has 0 spiro atoms. The van der Waals surface area contributed by atoms with Gasteiger partial charge >= 0.3 is 0 Å². The van der Waals surface area contributed by atoms with Gasteiger partial charge < -0.3 is 10.2 Å². The second-order valence-electron chi connectivity index (χ2n) is 5.14. The molecule has 1 aliphatic heterocycles. The van der Waals surface area contributed by atoms with E-state index in [1.807, 2.05) is 0 Å². The Bertz CT molecular complexity index is 383. The van der Waals surface area contributed by atoms with Gasteiger partial charge in [0.05, 0.1) is 18.1 Å². The molecule has 3 atom stereocenters. The van der Waals surface area contributed by atoms with Crippen molar-refractivity contribution < 1.29 is 4.39 Å². The van der Waals surface area contributed by atoms with E-state index in [4.69, 9.17) is 0 Å². The molecule has 2 heterocycles. The van der Waals surface area contributed by atoms with Crippen LogP contribution in [0.2, 0.25) is 0 Å². The number of hydrogen-bond acceptors (Lipinski definition) is 3.